The predicted octanol–water partition coefficient (Wildman–Crippen LogP) is 3.11. The SMILES string of the molecule is C[N+]1=CC(C)(C)N(c2nc(-c3ccc(C#N)cc3)cs2)C1=O. The Kier molecular flexibility index (Phi) is 3.30. The van der Waals surface area contributed by atoms with Gasteiger partial charge in [-0.1, -0.05) is 23.5 Å². The van der Waals surface area contributed by atoms with E-state index in [0.717, 1.165) is 11.3 Å². The molecule has 1 aliphatic heterocycles. The van der Waals surface area contributed by atoms with Crippen LogP contribution in [-0.2, 0) is 0 Å². The summed E-state index contributed by atoms with van der Waals surface area (Å²) in [6.45, 7) is 3.97. The minimum Gasteiger partial charge on any atom is -0.200 e. The van der Waals surface area contributed by atoms with Crippen LogP contribution in [0.3, 0.4) is 0 Å². The van der Waals surface area contributed by atoms with E-state index in [1.165, 1.54) is 11.3 Å². The van der Waals surface area contributed by atoms with Crippen molar-refractivity contribution in [2.24, 2.45) is 0 Å². The zero-order valence-corrected chi connectivity index (χ0v) is 13.4. The lowest BCUT2D eigenvalue weighted by molar-refractivity contribution is -0.380. The molecule has 3 rings (SSSR count). The molecule has 0 saturated heterocycles. The van der Waals surface area contributed by atoms with Crippen LogP contribution in [-0.4, -0.2) is 34.4 Å². The number of nitrogens with zero attached hydrogens (tertiary/aromatic N) is 4. The van der Waals surface area contributed by atoms with Gasteiger partial charge in [-0.15, -0.1) is 0 Å². The number of nitriles is 1. The number of thiazole rings is 1. The van der Waals surface area contributed by atoms with Gasteiger partial charge >= 0.3 is 6.03 Å². The van der Waals surface area contributed by atoms with Crippen LogP contribution in [0.2, 0.25) is 0 Å². The van der Waals surface area contributed by atoms with E-state index in [9.17, 15) is 4.79 Å². The molecule has 0 unspecified atom stereocenters. The molecule has 0 bridgehead atoms. The number of anilines is 1. The monoisotopic (exact) mass is 311 g/mol. The summed E-state index contributed by atoms with van der Waals surface area (Å²) in [5, 5.41) is 11.4. The molecule has 0 N–H and O–H groups in total. The van der Waals surface area contributed by atoms with Gasteiger partial charge in [-0.25, -0.2) is 0 Å². The quantitative estimate of drug-likeness (QED) is 0.801. The second-order valence-corrected chi connectivity index (χ2v) is 6.55. The third kappa shape index (κ3) is 2.30. The summed E-state index contributed by atoms with van der Waals surface area (Å²) >= 11 is 1.44. The molecule has 0 spiro atoms. The summed E-state index contributed by atoms with van der Waals surface area (Å²) < 4.78 is 1.59. The Morgan fingerprint density at radius 3 is 2.55 bits per heavy atom. The van der Waals surface area contributed by atoms with Gasteiger partial charge in [0.05, 0.1) is 24.4 Å². The Labute approximate surface area is 132 Å². The van der Waals surface area contributed by atoms with Gasteiger partial charge in [0.25, 0.3) is 5.13 Å². The Bertz CT molecular complexity index is 811. The minimum atomic E-state index is -0.397. The first-order valence-electron chi connectivity index (χ1n) is 6.81. The van der Waals surface area contributed by atoms with Gasteiger partial charge in [-0.3, -0.25) is 0 Å². The molecule has 6 heteroatoms. The number of carbonyl (C=O) groups excluding carboxylic acids is 1. The van der Waals surface area contributed by atoms with Crippen LogP contribution in [0.5, 0.6) is 0 Å². The molecule has 1 aromatic heterocycles. The van der Waals surface area contributed by atoms with Crippen molar-refractivity contribution in [1.82, 2.24) is 4.98 Å². The highest BCUT2D eigenvalue weighted by atomic mass is 32.1. The van der Waals surface area contributed by atoms with Crippen molar-refractivity contribution in [2.75, 3.05) is 11.9 Å². The number of amides is 2. The fourth-order valence-corrected chi connectivity index (χ4v) is 3.51. The maximum Gasteiger partial charge on any atom is 0.500 e. The normalized spacial score (nSPS) is 16.5. The van der Waals surface area contributed by atoms with Gasteiger partial charge in [0.1, 0.15) is 6.21 Å². The van der Waals surface area contributed by atoms with Crippen LogP contribution in [0.1, 0.15) is 19.4 Å². The van der Waals surface area contributed by atoms with Crippen LogP contribution >= 0.6 is 11.3 Å². The molecule has 2 heterocycles. The fourth-order valence-electron chi connectivity index (χ4n) is 2.53. The van der Waals surface area contributed by atoms with Crippen LogP contribution in [0, 0.1) is 11.3 Å². The van der Waals surface area contributed by atoms with Crippen molar-refractivity contribution >= 4 is 28.7 Å². The predicted molar refractivity (Wildman–Crippen MR) is 86.5 cm³/mol. The number of urea groups is 1. The van der Waals surface area contributed by atoms with Gasteiger partial charge in [-0.05, 0) is 26.0 Å². The van der Waals surface area contributed by atoms with Crippen LogP contribution in [0.4, 0.5) is 9.93 Å². The number of hydrogen-bond acceptors (Lipinski definition) is 4. The maximum atomic E-state index is 12.3. The lowest BCUT2D eigenvalue weighted by atomic mass is 10.1. The Balaban J connectivity index is 1.94. The smallest absolute Gasteiger partial charge is 0.200 e. The summed E-state index contributed by atoms with van der Waals surface area (Å²) in [6, 6.07) is 9.28. The molecule has 1 aromatic carbocycles. The second kappa shape index (κ2) is 5.04. The van der Waals surface area contributed by atoms with Crippen LogP contribution < -0.4 is 4.90 Å². The third-order valence-electron chi connectivity index (χ3n) is 3.57. The molecule has 1 aliphatic rings. The van der Waals surface area contributed by atoms with E-state index in [0.29, 0.717) is 10.7 Å². The number of benzene rings is 1. The first kappa shape index (κ1) is 14.4. The third-order valence-corrected chi connectivity index (χ3v) is 4.40. The van der Waals surface area contributed by atoms with Gasteiger partial charge < -0.3 is 0 Å². The average Bonchev–Trinajstić information content (AvgIpc) is 3.02. The maximum absolute atomic E-state index is 12.3. The average molecular weight is 311 g/mol. The number of hydrogen-bond donors (Lipinski definition) is 0. The summed E-state index contributed by atoms with van der Waals surface area (Å²) in [6.07, 6.45) is 1.89. The van der Waals surface area contributed by atoms with Gasteiger partial charge in [0.2, 0.25) is 0 Å². The zero-order valence-electron chi connectivity index (χ0n) is 12.6. The lowest BCUT2D eigenvalue weighted by Crippen LogP contribution is -2.43. The first-order chi connectivity index (χ1) is 10.4. The van der Waals surface area contributed by atoms with Crippen molar-refractivity contribution in [3.05, 3.63) is 35.2 Å². The molecular formula is C16H15N4OS+. The Hall–Kier alpha value is -2.52. The highest BCUT2D eigenvalue weighted by Crippen LogP contribution is 2.33. The van der Waals surface area contributed by atoms with E-state index in [1.807, 2.05) is 37.6 Å². The van der Waals surface area contributed by atoms with E-state index in [1.54, 1.807) is 28.7 Å². The number of aromatic nitrogens is 1. The number of carbonyl (C=O) groups is 1. The first-order valence-corrected chi connectivity index (χ1v) is 7.69. The van der Waals surface area contributed by atoms with E-state index in [4.69, 9.17) is 5.26 Å². The highest BCUT2D eigenvalue weighted by Gasteiger charge is 2.48. The van der Waals surface area contributed by atoms with E-state index >= 15 is 0 Å². The van der Waals surface area contributed by atoms with Crippen molar-refractivity contribution in [2.45, 2.75) is 19.4 Å². The highest BCUT2D eigenvalue weighted by molar-refractivity contribution is 7.14. The van der Waals surface area contributed by atoms with Crippen LogP contribution in [0.25, 0.3) is 11.3 Å². The summed E-state index contributed by atoms with van der Waals surface area (Å²) in [5.41, 5.74) is 1.96. The molecule has 0 radical (unpaired) electrons. The summed E-state index contributed by atoms with van der Waals surface area (Å²) in [4.78, 5) is 18.6. The van der Waals surface area contributed by atoms with Crippen LogP contribution in [0.15, 0.2) is 29.6 Å². The van der Waals surface area contributed by atoms with E-state index in [2.05, 4.69) is 11.1 Å². The molecule has 0 fully saturated rings. The standard InChI is InChI=1S/C16H15N4OS/c1-16(2)10-19(3)15(21)20(16)14-18-13(9-22-14)12-6-4-11(8-17)5-7-12/h4-7,9-10H,1-3H3/q+1. The van der Waals surface area contributed by atoms with E-state index < -0.39 is 5.54 Å². The molecule has 0 saturated carbocycles. The number of rotatable bonds is 2. The lowest BCUT2D eigenvalue weighted by Gasteiger charge is -2.18. The Morgan fingerprint density at radius 1 is 1.32 bits per heavy atom. The molecule has 2 amide bonds. The summed E-state index contributed by atoms with van der Waals surface area (Å²) in [5.74, 6) is 0. The van der Waals surface area contributed by atoms with Crippen molar-refractivity contribution in [3.8, 4) is 17.3 Å². The van der Waals surface area contributed by atoms with Gasteiger partial charge in [0.15, 0.2) is 5.54 Å². The zero-order chi connectivity index (χ0) is 15.9. The molecular weight excluding hydrogens is 296 g/mol. The van der Waals surface area contributed by atoms with Gasteiger partial charge in [0, 0.05) is 10.9 Å². The summed E-state index contributed by atoms with van der Waals surface area (Å²) in [7, 11) is 1.75. The Morgan fingerprint density at radius 2 is 2.00 bits per heavy atom. The molecule has 110 valence electrons. The van der Waals surface area contributed by atoms with E-state index in [-0.39, 0.29) is 6.03 Å². The topological polar surface area (TPSA) is 60.0 Å². The van der Waals surface area contributed by atoms with Crippen molar-refractivity contribution < 1.29 is 9.37 Å². The molecule has 0 aliphatic carbocycles. The van der Waals surface area contributed by atoms with Crippen molar-refractivity contribution in [3.63, 3.8) is 0 Å². The molecule has 0 atom stereocenters. The second-order valence-electron chi connectivity index (χ2n) is 5.72. The molecule has 5 nitrogen and oxygen atoms in total. The van der Waals surface area contributed by atoms with Crippen molar-refractivity contribution in [1.29, 1.82) is 5.26 Å². The van der Waals surface area contributed by atoms with Gasteiger partial charge in [-0.2, -0.15) is 24.5 Å². The largest absolute Gasteiger partial charge is 0.500 e. The minimum absolute atomic E-state index is 0.0780. The molecule has 2 aromatic rings. The molecule has 22 heavy (non-hydrogen) atoms. The fraction of sp³-hybridized carbons (Fsp3) is 0.250.